The lowest BCUT2D eigenvalue weighted by atomic mass is 10.1. The van der Waals surface area contributed by atoms with E-state index in [0.717, 1.165) is 17.7 Å². The molecule has 2 amide bonds. The van der Waals surface area contributed by atoms with E-state index in [1.807, 2.05) is 6.07 Å². The number of ether oxygens (including phenoxy) is 2. The van der Waals surface area contributed by atoms with Crippen molar-refractivity contribution < 1.29 is 27.5 Å². The molecule has 3 aromatic rings. The minimum absolute atomic E-state index is 0.116. The molecule has 4 rings (SSSR count). The van der Waals surface area contributed by atoms with E-state index in [9.17, 15) is 18.0 Å². The number of fused-ring (bicyclic) bond motifs is 1. The van der Waals surface area contributed by atoms with Crippen LogP contribution in [0.1, 0.15) is 29.8 Å². The third kappa shape index (κ3) is 6.28. The van der Waals surface area contributed by atoms with Gasteiger partial charge in [0.1, 0.15) is 11.5 Å². The second-order valence-electron chi connectivity index (χ2n) is 8.86. The van der Waals surface area contributed by atoms with Crippen LogP contribution >= 0.6 is 0 Å². The van der Waals surface area contributed by atoms with E-state index < -0.39 is 10.0 Å². The molecule has 0 bridgehead atoms. The number of anilines is 2. The molecule has 9 nitrogen and oxygen atoms in total. The molecule has 1 aliphatic heterocycles. The van der Waals surface area contributed by atoms with Gasteiger partial charge in [0.15, 0.2) is 6.61 Å². The maximum atomic E-state index is 13.1. The molecular weight excluding hydrogens is 494 g/mol. The van der Waals surface area contributed by atoms with Crippen molar-refractivity contribution in [3.8, 4) is 11.5 Å². The fourth-order valence-electron chi connectivity index (χ4n) is 4.00. The number of benzene rings is 3. The first-order valence-corrected chi connectivity index (χ1v) is 13.3. The van der Waals surface area contributed by atoms with Crippen molar-refractivity contribution in [3.63, 3.8) is 0 Å². The van der Waals surface area contributed by atoms with Gasteiger partial charge < -0.3 is 19.7 Å². The number of methoxy groups -OCH3 is 1. The van der Waals surface area contributed by atoms with E-state index in [1.54, 1.807) is 62.3 Å². The zero-order valence-electron chi connectivity index (χ0n) is 20.9. The molecule has 0 saturated carbocycles. The molecule has 3 aromatic carbocycles. The third-order valence-electron chi connectivity index (χ3n) is 5.74. The molecule has 1 aliphatic rings. The Morgan fingerprint density at radius 3 is 2.30 bits per heavy atom. The van der Waals surface area contributed by atoms with Crippen molar-refractivity contribution >= 4 is 33.2 Å². The normalized spacial score (nSPS) is 12.8. The number of rotatable bonds is 9. The SMILES string of the molecule is COc1ccc(C(=O)N2CCc3ccc(NC(=O)COc4ccc(S(=O)(=O)NC(C)C)cc4)cc32)cc1. The van der Waals surface area contributed by atoms with Gasteiger partial charge >= 0.3 is 0 Å². The molecule has 37 heavy (non-hydrogen) atoms. The summed E-state index contributed by atoms with van der Waals surface area (Å²) in [6, 6.07) is 18.0. The van der Waals surface area contributed by atoms with Gasteiger partial charge in [0.05, 0.1) is 12.0 Å². The Bertz CT molecular complexity index is 1390. The summed E-state index contributed by atoms with van der Waals surface area (Å²) < 4.78 is 37.6. The van der Waals surface area contributed by atoms with Crippen molar-refractivity contribution in [2.75, 3.05) is 30.5 Å². The van der Waals surface area contributed by atoms with E-state index in [-0.39, 0.29) is 29.4 Å². The molecule has 1 heterocycles. The standard InChI is InChI=1S/C27H29N3O6S/c1-18(2)29-37(33,34)24-12-10-23(11-13-24)36-17-26(31)28-21-7-4-19-14-15-30(25(19)16-21)27(32)20-5-8-22(35-3)9-6-20/h4-13,16,18,29H,14-15,17H2,1-3H3,(H,28,31). The first-order valence-electron chi connectivity index (χ1n) is 11.8. The average Bonchev–Trinajstić information content (AvgIpc) is 3.30. The number of amides is 2. The summed E-state index contributed by atoms with van der Waals surface area (Å²) in [7, 11) is -2.03. The first kappa shape index (κ1) is 26.2. The lowest BCUT2D eigenvalue weighted by Gasteiger charge is -2.18. The van der Waals surface area contributed by atoms with Crippen LogP contribution in [0.4, 0.5) is 11.4 Å². The van der Waals surface area contributed by atoms with Gasteiger partial charge in [-0.3, -0.25) is 9.59 Å². The van der Waals surface area contributed by atoms with Gasteiger partial charge in [-0.25, -0.2) is 13.1 Å². The lowest BCUT2D eigenvalue weighted by molar-refractivity contribution is -0.118. The van der Waals surface area contributed by atoms with E-state index in [4.69, 9.17) is 9.47 Å². The number of nitrogens with one attached hydrogen (secondary N) is 2. The highest BCUT2D eigenvalue weighted by Gasteiger charge is 2.26. The summed E-state index contributed by atoms with van der Waals surface area (Å²) in [5.41, 5.74) is 2.88. The van der Waals surface area contributed by atoms with Crippen LogP contribution in [0.3, 0.4) is 0 Å². The maximum Gasteiger partial charge on any atom is 0.262 e. The molecule has 0 aromatic heterocycles. The number of carbonyl (C=O) groups excluding carboxylic acids is 2. The summed E-state index contributed by atoms with van der Waals surface area (Å²) in [5.74, 6) is 0.532. The van der Waals surface area contributed by atoms with Crippen molar-refractivity contribution in [1.29, 1.82) is 0 Å². The summed E-state index contributed by atoms with van der Waals surface area (Å²) in [4.78, 5) is 27.4. The smallest absolute Gasteiger partial charge is 0.262 e. The van der Waals surface area contributed by atoms with E-state index in [1.165, 1.54) is 24.3 Å². The topological polar surface area (TPSA) is 114 Å². The van der Waals surface area contributed by atoms with Crippen molar-refractivity contribution in [1.82, 2.24) is 4.72 Å². The van der Waals surface area contributed by atoms with Crippen LogP contribution in [-0.4, -0.2) is 46.5 Å². The number of sulfonamides is 1. The molecule has 194 valence electrons. The minimum atomic E-state index is -3.60. The van der Waals surface area contributed by atoms with E-state index in [2.05, 4.69) is 10.0 Å². The quantitative estimate of drug-likeness (QED) is 0.443. The highest BCUT2D eigenvalue weighted by Crippen LogP contribution is 2.32. The summed E-state index contributed by atoms with van der Waals surface area (Å²) >= 11 is 0. The highest BCUT2D eigenvalue weighted by molar-refractivity contribution is 7.89. The Labute approximate surface area is 216 Å². The zero-order valence-corrected chi connectivity index (χ0v) is 21.7. The van der Waals surface area contributed by atoms with Gasteiger partial charge in [-0.15, -0.1) is 0 Å². The molecule has 0 spiro atoms. The van der Waals surface area contributed by atoms with Gasteiger partial charge in [-0.05, 0) is 86.5 Å². The maximum absolute atomic E-state index is 13.1. The fourth-order valence-corrected chi connectivity index (χ4v) is 5.25. The second kappa shape index (κ2) is 11.0. The van der Waals surface area contributed by atoms with Gasteiger partial charge in [0.2, 0.25) is 10.0 Å². The monoisotopic (exact) mass is 523 g/mol. The predicted molar refractivity (Wildman–Crippen MR) is 141 cm³/mol. The van der Waals surface area contributed by atoms with Crippen LogP contribution in [0.2, 0.25) is 0 Å². The van der Waals surface area contributed by atoms with Crippen LogP contribution < -0.4 is 24.4 Å². The van der Waals surface area contributed by atoms with E-state index in [0.29, 0.717) is 29.3 Å². The number of hydrogen-bond acceptors (Lipinski definition) is 6. The molecule has 0 fully saturated rings. The molecule has 2 N–H and O–H groups in total. The number of nitrogens with zero attached hydrogens (tertiary/aromatic N) is 1. The summed E-state index contributed by atoms with van der Waals surface area (Å²) in [6.45, 7) is 3.77. The lowest BCUT2D eigenvalue weighted by Crippen LogP contribution is -2.30. The minimum Gasteiger partial charge on any atom is -0.497 e. The second-order valence-corrected chi connectivity index (χ2v) is 10.6. The van der Waals surface area contributed by atoms with Crippen molar-refractivity contribution in [3.05, 3.63) is 77.9 Å². The Balaban J connectivity index is 1.37. The van der Waals surface area contributed by atoms with Gasteiger partial charge in [0.25, 0.3) is 11.8 Å². The third-order valence-corrected chi connectivity index (χ3v) is 7.42. The van der Waals surface area contributed by atoms with Crippen LogP contribution in [0.25, 0.3) is 0 Å². The van der Waals surface area contributed by atoms with Gasteiger partial charge in [-0.1, -0.05) is 6.07 Å². The van der Waals surface area contributed by atoms with Crippen LogP contribution in [0, 0.1) is 0 Å². The highest BCUT2D eigenvalue weighted by atomic mass is 32.2. The van der Waals surface area contributed by atoms with Crippen LogP contribution in [0.5, 0.6) is 11.5 Å². The Kier molecular flexibility index (Phi) is 7.80. The summed E-state index contributed by atoms with van der Waals surface area (Å²) in [5, 5.41) is 2.79. The Hall–Kier alpha value is -3.89. The molecule has 0 aliphatic carbocycles. The average molecular weight is 524 g/mol. The van der Waals surface area contributed by atoms with Crippen LogP contribution in [0.15, 0.2) is 71.6 Å². The Morgan fingerprint density at radius 1 is 0.973 bits per heavy atom. The van der Waals surface area contributed by atoms with Crippen LogP contribution in [-0.2, 0) is 21.2 Å². The Morgan fingerprint density at radius 2 is 1.65 bits per heavy atom. The largest absolute Gasteiger partial charge is 0.497 e. The first-order chi connectivity index (χ1) is 17.7. The van der Waals surface area contributed by atoms with Crippen molar-refractivity contribution in [2.45, 2.75) is 31.2 Å². The zero-order chi connectivity index (χ0) is 26.6. The molecule has 0 radical (unpaired) electrons. The molecule has 10 heteroatoms. The van der Waals surface area contributed by atoms with E-state index >= 15 is 0 Å². The fraction of sp³-hybridized carbons (Fsp3) is 0.259. The number of carbonyl (C=O) groups is 2. The molecule has 0 unspecified atom stereocenters. The molecule has 0 atom stereocenters. The van der Waals surface area contributed by atoms with Gasteiger partial charge in [0, 0.05) is 29.5 Å². The van der Waals surface area contributed by atoms with Crippen molar-refractivity contribution in [2.24, 2.45) is 0 Å². The number of hydrogen-bond donors (Lipinski definition) is 2. The van der Waals surface area contributed by atoms with Gasteiger partial charge in [-0.2, -0.15) is 0 Å². The summed E-state index contributed by atoms with van der Waals surface area (Å²) in [6.07, 6.45) is 0.729. The molecule has 0 saturated heterocycles. The molecular formula is C27H29N3O6S. The predicted octanol–water partition coefficient (Wildman–Crippen LogP) is 3.60.